The van der Waals surface area contributed by atoms with Crippen molar-refractivity contribution in [3.05, 3.63) is 104 Å². The maximum absolute atomic E-state index is 13.6. The van der Waals surface area contributed by atoms with E-state index in [1.54, 1.807) is 11.3 Å². The lowest BCUT2D eigenvalue weighted by molar-refractivity contribution is -0.116. The van der Waals surface area contributed by atoms with E-state index < -0.39 is 6.04 Å². The number of benzene rings is 2. The number of anilines is 2. The van der Waals surface area contributed by atoms with E-state index in [1.807, 2.05) is 60.8 Å². The minimum absolute atomic E-state index is 0.0520. The third kappa shape index (κ3) is 3.38. The maximum Gasteiger partial charge on any atom is 0.198 e. The molecular weight excluding hydrogens is 432 g/mol. The summed E-state index contributed by atoms with van der Waals surface area (Å²) in [5.41, 5.74) is 5.10. The SMILES string of the molecule is Cc1ccc2occ([C@@H]3Nc4ccccc4NC4=C3C(=O)C[C@H](c3cccs3)C4)c(=O)c2c1. The number of hydrogen-bond donors (Lipinski definition) is 2. The molecule has 5 nitrogen and oxygen atoms in total. The largest absolute Gasteiger partial charge is 0.464 e. The summed E-state index contributed by atoms with van der Waals surface area (Å²) in [7, 11) is 0. The van der Waals surface area contributed by atoms with Crippen LogP contribution >= 0.6 is 11.3 Å². The predicted octanol–water partition coefficient (Wildman–Crippen LogP) is 6.14. The minimum Gasteiger partial charge on any atom is -0.464 e. The van der Waals surface area contributed by atoms with Crippen molar-refractivity contribution in [2.24, 2.45) is 0 Å². The molecule has 2 aromatic heterocycles. The van der Waals surface area contributed by atoms with Crippen LogP contribution in [0.5, 0.6) is 0 Å². The Balaban J connectivity index is 1.54. The van der Waals surface area contributed by atoms with Crippen molar-refractivity contribution in [2.45, 2.75) is 31.7 Å². The fraction of sp³-hybridized carbons (Fsp3) is 0.185. The van der Waals surface area contributed by atoms with Crippen LogP contribution in [0.2, 0.25) is 0 Å². The van der Waals surface area contributed by atoms with Gasteiger partial charge in [0, 0.05) is 28.5 Å². The van der Waals surface area contributed by atoms with Crippen LogP contribution < -0.4 is 16.1 Å². The Morgan fingerprint density at radius 3 is 2.67 bits per heavy atom. The van der Waals surface area contributed by atoms with Crippen LogP contribution in [0.1, 0.15) is 40.8 Å². The third-order valence-electron chi connectivity index (χ3n) is 6.52. The highest BCUT2D eigenvalue weighted by Crippen LogP contribution is 2.44. The maximum atomic E-state index is 13.6. The molecule has 0 saturated carbocycles. The zero-order valence-electron chi connectivity index (χ0n) is 18.1. The van der Waals surface area contributed by atoms with Gasteiger partial charge >= 0.3 is 0 Å². The number of thiophene rings is 1. The lowest BCUT2D eigenvalue weighted by Crippen LogP contribution is -2.29. The second-order valence-corrected chi connectivity index (χ2v) is 9.68. The Labute approximate surface area is 194 Å². The zero-order chi connectivity index (χ0) is 22.5. The normalized spacial score (nSPS) is 20.0. The van der Waals surface area contributed by atoms with Gasteiger partial charge < -0.3 is 15.1 Å². The molecule has 33 heavy (non-hydrogen) atoms. The van der Waals surface area contributed by atoms with Crippen LogP contribution in [-0.4, -0.2) is 5.78 Å². The molecule has 0 saturated heterocycles. The summed E-state index contributed by atoms with van der Waals surface area (Å²) < 4.78 is 5.86. The van der Waals surface area contributed by atoms with E-state index in [2.05, 4.69) is 16.7 Å². The number of carbonyl (C=O) groups is 1. The molecule has 0 unspecified atom stereocenters. The molecule has 0 bridgehead atoms. The fourth-order valence-electron chi connectivity index (χ4n) is 4.91. The van der Waals surface area contributed by atoms with Gasteiger partial charge in [0.2, 0.25) is 0 Å². The summed E-state index contributed by atoms with van der Waals surface area (Å²) in [6.07, 6.45) is 2.65. The van der Waals surface area contributed by atoms with Crippen LogP contribution in [0.15, 0.2) is 86.7 Å². The average molecular weight is 455 g/mol. The molecule has 0 fully saturated rings. The number of hydrogen-bond acceptors (Lipinski definition) is 6. The van der Waals surface area contributed by atoms with E-state index in [0.29, 0.717) is 34.9 Å². The monoisotopic (exact) mass is 454 g/mol. The predicted molar refractivity (Wildman–Crippen MR) is 132 cm³/mol. The third-order valence-corrected chi connectivity index (χ3v) is 7.56. The van der Waals surface area contributed by atoms with Gasteiger partial charge in [0.05, 0.1) is 28.4 Å². The lowest BCUT2D eigenvalue weighted by atomic mass is 9.81. The number of ketones is 1. The molecule has 2 aliphatic rings. The molecule has 0 radical (unpaired) electrons. The van der Waals surface area contributed by atoms with Crippen LogP contribution in [0.25, 0.3) is 11.0 Å². The molecule has 1 aliphatic carbocycles. The van der Waals surface area contributed by atoms with Crippen LogP contribution in [-0.2, 0) is 4.79 Å². The molecule has 2 atom stereocenters. The Kier molecular flexibility index (Phi) is 4.69. The Bertz CT molecular complexity index is 1480. The van der Waals surface area contributed by atoms with Gasteiger partial charge in [-0.25, -0.2) is 0 Å². The average Bonchev–Trinajstić information content (AvgIpc) is 3.29. The number of rotatable bonds is 2. The number of nitrogens with one attached hydrogen (secondary N) is 2. The highest BCUT2D eigenvalue weighted by molar-refractivity contribution is 7.10. The second-order valence-electron chi connectivity index (χ2n) is 8.70. The quantitative estimate of drug-likeness (QED) is 0.381. The molecule has 4 aromatic rings. The van der Waals surface area contributed by atoms with E-state index in [-0.39, 0.29) is 17.1 Å². The number of aryl methyl sites for hydroxylation is 1. The van der Waals surface area contributed by atoms with Crippen molar-refractivity contribution in [1.82, 2.24) is 0 Å². The number of fused-ring (bicyclic) bond motifs is 2. The van der Waals surface area contributed by atoms with E-state index in [9.17, 15) is 9.59 Å². The molecule has 164 valence electrons. The molecule has 2 aromatic carbocycles. The molecule has 2 N–H and O–H groups in total. The van der Waals surface area contributed by atoms with Crippen molar-refractivity contribution in [1.29, 1.82) is 0 Å². The standard InChI is InChI=1S/C27H22N2O3S/c1-15-8-9-23-17(11-15)27(31)18(14-32-23)26-25-21(28-19-5-2-3-6-20(19)29-26)12-16(13-22(25)30)24-7-4-10-33-24/h2-11,14,16,26,28-29H,12-13H2,1H3/t16-,26+/m1/s1. The first kappa shape index (κ1) is 20.0. The van der Waals surface area contributed by atoms with Gasteiger partial charge in [0.15, 0.2) is 11.2 Å². The Morgan fingerprint density at radius 1 is 1.00 bits per heavy atom. The summed E-state index contributed by atoms with van der Waals surface area (Å²) in [6.45, 7) is 1.95. The van der Waals surface area contributed by atoms with Gasteiger partial charge in [0.1, 0.15) is 11.8 Å². The van der Waals surface area contributed by atoms with Gasteiger partial charge in [-0.05, 0) is 49.1 Å². The zero-order valence-corrected chi connectivity index (χ0v) is 18.9. The first-order chi connectivity index (χ1) is 16.1. The molecule has 0 amide bonds. The smallest absolute Gasteiger partial charge is 0.198 e. The first-order valence-corrected chi connectivity index (χ1v) is 11.9. The van der Waals surface area contributed by atoms with Gasteiger partial charge in [-0.1, -0.05) is 29.8 Å². The summed E-state index contributed by atoms with van der Waals surface area (Å²) >= 11 is 1.68. The van der Waals surface area contributed by atoms with E-state index in [4.69, 9.17) is 4.42 Å². The highest BCUT2D eigenvalue weighted by Gasteiger charge is 2.37. The van der Waals surface area contributed by atoms with Gasteiger partial charge in [0.25, 0.3) is 0 Å². The summed E-state index contributed by atoms with van der Waals surface area (Å²) in [4.78, 5) is 28.4. The van der Waals surface area contributed by atoms with Crippen LogP contribution in [0.3, 0.4) is 0 Å². The Hall–Kier alpha value is -3.64. The van der Waals surface area contributed by atoms with Crippen LogP contribution in [0.4, 0.5) is 11.4 Å². The molecular formula is C27H22N2O3S. The Morgan fingerprint density at radius 2 is 1.85 bits per heavy atom. The first-order valence-electron chi connectivity index (χ1n) is 11.0. The van der Waals surface area contributed by atoms with Crippen molar-refractivity contribution < 1.29 is 9.21 Å². The van der Waals surface area contributed by atoms with Crippen molar-refractivity contribution in [3.63, 3.8) is 0 Å². The lowest BCUT2D eigenvalue weighted by Gasteiger charge is -2.28. The molecule has 0 spiro atoms. The second kappa shape index (κ2) is 7.74. The fourth-order valence-corrected chi connectivity index (χ4v) is 5.74. The molecule has 3 heterocycles. The van der Waals surface area contributed by atoms with Gasteiger partial charge in [-0.2, -0.15) is 0 Å². The molecule has 1 aliphatic heterocycles. The van der Waals surface area contributed by atoms with E-state index in [1.165, 1.54) is 11.1 Å². The number of para-hydroxylation sites is 2. The van der Waals surface area contributed by atoms with Crippen molar-refractivity contribution in [2.75, 3.05) is 10.6 Å². The topological polar surface area (TPSA) is 71.3 Å². The molecule has 6 heteroatoms. The van der Waals surface area contributed by atoms with Gasteiger partial charge in [-0.3, -0.25) is 9.59 Å². The number of allylic oxidation sites excluding steroid dienone is 1. The summed E-state index contributed by atoms with van der Waals surface area (Å²) in [5, 5.41) is 9.57. The van der Waals surface area contributed by atoms with Crippen molar-refractivity contribution >= 4 is 39.5 Å². The number of Topliss-reactive ketones (excluding diaryl/α,β-unsaturated/α-hetero) is 1. The number of carbonyl (C=O) groups excluding carboxylic acids is 1. The van der Waals surface area contributed by atoms with Crippen molar-refractivity contribution in [3.8, 4) is 0 Å². The van der Waals surface area contributed by atoms with Crippen LogP contribution in [0, 0.1) is 6.92 Å². The minimum atomic E-state index is -0.589. The molecule has 6 rings (SSSR count). The van der Waals surface area contributed by atoms with E-state index >= 15 is 0 Å². The summed E-state index contributed by atoms with van der Waals surface area (Å²) in [5.74, 6) is 0.182. The van der Waals surface area contributed by atoms with Gasteiger partial charge in [-0.15, -0.1) is 11.3 Å². The highest BCUT2D eigenvalue weighted by atomic mass is 32.1. The summed E-state index contributed by atoms with van der Waals surface area (Å²) in [6, 6.07) is 17.0. The van der Waals surface area contributed by atoms with E-state index in [0.717, 1.165) is 22.6 Å².